The number of aryl methyl sites for hydroxylation is 2. The number of rotatable bonds is 7. The van der Waals surface area contributed by atoms with Gasteiger partial charge in [0.15, 0.2) is 0 Å². The summed E-state index contributed by atoms with van der Waals surface area (Å²) in [5.41, 5.74) is 13.8. The van der Waals surface area contributed by atoms with Gasteiger partial charge in [0, 0.05) is 16.7 Å². The minimum atomic E-state index is 0.282. The van der Waals surface area contributed by atoms with Crippen LogP contribution < -0.4 is 4.57 Å². The summed E-state index contributed by atoms with van der Waals surface area (Å²) < 4.78 is 4.61. The lowest BCUT2D eigenvalue weighted by atomic mass is 9.90. The van der Waals surface area contributed by atoms with E-state index in [-0.39, 0.29) is 5.75 Å². The fourth-order valence-corrected chi connectivity index (χ4v) is 6.65. The van der Waals surface area contributed by atoms with Gasteiger partial charge < -0.3 is 5.11 Å². The monoisotopic (exact) mass is 591 g/mol. The largest absolute Gasteiger partial charge is 0.507 e. The zero-order chi connectivity index (χ0) is 31.8. The molecule has 3 heteroatoms. The Hall–Kier alpha value is -4.89. The first-order chi connectivity index (χ1) is 21.7. The van der Waals surface area contributed by atoms with Crippen LogP contribution >= 0.6 is 0 Å². The van der Waals surface area contributed by atoms with Crippen LogP contribution in [0.4, 0.5) is 0 Å². The van der Waals surface area contributed by atoms with Crippen LogP contribution in [0.2, 0.25) is 0 Å². The molecule has 0 saturated heterocycles. The molecule has 0 saturated carbocycles. The maximum atomic E-state index is 11.4. The molecule has 1 aromatic heterocycles. The molecule has 0 atom stereocenters. The fraction of sp³-hybridized carbons (Fsp3) is 0.214. The lowest BCUT2D eigenvalue weighted by molar-refractivity contribution is -0.659. The van der Waals surface area contributed by atoms with Crippen molar-refractivity contribution in [2.75, 3.05) is 0 Å². The van der Waals surface area contributed by atoms with Crippen molar-refractivity contribution in [2.45, 2.75) is 53.4 Å². The summed E-state index contributed by atoms with van der Waals surface area (Å²) in [4.78, 5) is 0. The second kappa shape index (κ2) is 12.2. The Kier molecular flexibility index (Phi) is 8.20. The Balaban J connectivity index is 1.43. The Bertz CT molecular complexity index is 1950. The van der Waals surface area contributed by atoms with Crippen LogP contribution in [0, 0.1) is 13.8 Å². The van der Waals surface area contributed by atoms with Crippen LogP contribution in [0.1, 0.15) is 61.8 Å². The minimum Gasteiger partial charge on any atom is -0.507 e. The number of aromatic nitrogens is 2. The van der Waals surface area contributed by atoms with E-state index in [0.29, 0.717) is 11.8 Å². The van der Waals surface area contributed by atoms with Gasteiger partial charge in [0.05, 0.1) is 12.6 Å². The van der Waals surface area contributed by atoms with Crippen LogP contribution in [0.25, 0.3) is 50.5 Å². The highest BCUT2D eigenvalue weighted by Gasteiger charge is 2.28. The molecule has 45 heavy (non-hydrogen) atoms. The van der Waals surface area contributed by atoms with Gasteiger partial charge in [0.2, 0.25) is 0 Å². The molecule has 5 aromatic carbocycles. The number of benzene rings is 5. The quantitative estimate of drug-likeness (QED) is 0.184. The summed E-state index contributed by atoms with van der Waals surface area (Å²) >= 11 is 0. The molecular formula is C42H43N2O+. The standard InChI is InChI=1S/C42H42N2O/c1-27(2)35-14-11-15-36(28(3)4)41(35)44-25-24-43(7)42(44)40-29(5)16-22-37(30(40)6)38-23-21-34(26-39(38)45)33-19-17-32(18-20-33)31-12-9-8-10-13-31/h8-28H,1-7H3/p+1. The Morgan fingerprint density at radius 1 is 0.622 bits per heavy atom. The van der Waals surface area contributed by atoms with Crippen molar-refractivity contribution in [3.8, 4) is 56.2 Å². The number of hydrogen-bond donors (Lipinski definition) is 1. The second-order valence-electron chi connectivity index (χ2n) is 12.8. The van der Waals surface area contributed by atoms with Crippen molar-refractivity contribution < 1.29 is 9.67 Å². The van der Waals surface area contributed by atoms with E-state index >= 15 is 0 Å². The van der Waals surface area contributed by atoms with Gasteiger partial charge in [0.1, 0.15) is 23.8 Å². The van der Waals surface area contributed by atoms with Crippen molar-refractivity contribution >= 4 is 0 Å². The SMILES string of the molecule is Cc1ccc(-c2ccc(-c3ccc(-c4ccccc4)cc3)cc2O)c(C)c1-c1n(-c2c(C(C)C)cccc2C(C)C)cc[n+]1C. The average Bonchev–Trinajstić information content (AvgIpc) is 3.41. The van der Waals surface area contributed by atoms with Crippen LogP contribution in [0.3, 0.4) is 0 Å². The topological polar surface area (TPSA) is 29.0 Å². The third-order valence-electron chi connectivity index (χ3n) is 9.10. The Labute approximate surface area is 268 Å². The van der Waals surface area contributed by atoms with Crippen molar-refractivity contribution in [2.24, 2.45) is 7.05 Å². The highest BCUT2D eigenvalue weighted by molar-refractivity contribution is 5.83. The zero-order valence-corrected chi connectivity index (χ0v) is 27.5. The molecule has 6 aromatic rings. The molecule has 0 fully saturated rings. The van der Waals surface area contributed by atoms with Crippen molar-refractivity contribution in [3.05, 3.63) is 138 Å². The van der Waals surface area contributed by atoms with E-state index in [4.69, 9.17) is 0 Å². The van der Waals surface area contributed by atoms with Crippen molar-refractivity contribution in [3.63, 3.8) is 0 Å². The molecule has 0 amide bonds. The lowest BCUT2D eigenvalue weighted by Gasteiger charge is -2.19. The maximum absolute atomic E-state index is 11.4. The van der Waals surface area contributed by atoms with E-state index in [2.05, 4.69) is 161 Å². The first-order valence-corrected chi connectivity index (χ1v) is 16.0. The molecule has 1 N–H and O–H groups in total. The molecule has 226 valence electrons. The van der Waals surface area contributed by atoms with Gasteiger partial charge in [0.25, 0.3) is 5.82 Å². The number of hydrogen-bond acceptors (Lipinski definition) is 1. The van der Waals surface area contributed by atoms with Gasteiger partial charge in [-0.15, -0.1) is 0 Å². The van der Waals surface area contributed by atoms with Crippen molar-refractivity contribution in [1.82, 2.24) is 4.57 Å². The van der Waals surface area contributed by atoms with E-state index in [1.54, 1.807) is 0 Å². The molecule has 0 unspecified atom stereocenters. The maximum Gasteiger partial charge on any atom is 0.294 e. The van der Waals surface area contributed by atoms with Gasteiger partial charge in [-0.05, 0) is 70.7 Å². The highest BCUT2D eigenvalue weighted by atomic mass is 16.3. The number of phenolic OH excluding ortho intramolecular Hbond substituents is 1. The summed E-state index contributed by atoms with van der Waals surface area (Å²) in [5.74, 6) is 2.19. The number of aromatic hydroxyl groups is 1. The normalized spacial score (nSPS) is 11.5. The van der Waals surface area contributed by atoms with Gasteiger partial charge in [-0.1, -0.05) is 125 Å². The van der Waals surface area contributed by atoms with Gasteiger partial charge in [-0.2, -0.15) is 4.57 Å². The molecule has 6 rings (SSSR count). The number of imidazole rings is 1. The van der Waals surface area contributed by atoms with Crippen LogP contribution in [-0.4, -0.2) is 9.67 Å². The molecule has 0 aliphatic carbocycles. The fourth-order valence-electron chi connectivity index (χ4n) is 6.65. The zero-order valence-electron chi connectivity index (χ0n) is 27.5. The Morgan fingerprint density at radius 2 is 1.18 bits per heavy atom. The number of phenols is 1. The van der Waals surface area contributed by atoms with Crippen LogP contribution in [0.5, 0.6) is 5.75 Å². The van der Waals surface area contributed by atoms with Crippen molar-refractivity contribution in [1.29, 1.82) is 0 Å². The van der Waals surface area contributed by atoms with E-state index in [9.17, 15) is 5.11 Å². The summed E-state index contributed by atoms with van der Waals surface area (Å²) in [5, 5.41) is 11.4. The van der Waals surface area contributed by atoms with E-state index < -0.39 is 0 Å². The third-order valence-corrected chi connectivity index (χ3v) is 9.10. The van der Waals surface area contributed by atoms with Gasteiger partial charge in [-0.25, -0.2) is 4.57 Å². The average molecular weight is 592 g/mol. The molecule has 3 nitrogen and oxygen atoms in total. The predicted molar refractivity (Wildman–Crippen MR) is 188 cm³/mol. The first kappa shape index (κ1) is 30.1. The summed E-state index contributed by atoms with van der Waals surface area (Å²) in [7, 11) is 2.12. The summed E-state index contributed by atoms with van der Waals surface area (Å²) in [6.45, 7) is 13.5. The third kappa shape index (κ3) is 5.60. The second-order valence-corrected chi connectivity index (χ2v) is 12.8. The molecule has 0 spiro atoms. The number of para-hydroxylation sites is 1. The lowest BCUT2D eigenvalue weighted by Crippen LogP contribution is -2.30. The highest BCUT2D eigenvalue weighted by Crippen LogP contribution is 2.41. The molecule has 0 aliphatic rings. The predicted octanol–water partition coefficient (Wildman–Crippen LogP) is 10.5. The summed E-state index contributed by atoms with van der Waals surface area (Å²) in [6.07, 6.45) is 4.35. The van der Waals surface area contributed by atoms with E-state index in [0.717, 1.165) is 33.6 Å². The Morgan fingerprint density at radius 3 is 1.78 bits per heavy atom. The molecule has 0 radical (unpaired) electrons. The smallest absolute Gasteiger partial charge is 0.294 e. The number of nitrogens with zero attached hydrogens (tertiary/aromatic N) is 2. The molecule has 1 heterocycles. The van der Waals surface area contributed by atoms with E-state index in [1.807, 2.05) is 12.1 Å². The van der Waals surface area contributed by atoms with E-state index in [1.165, 1.54) is 39.1 Å². The van der Waals surface area contributed by atoms with Gasteiger partial charge >= 0.3 is 0 Å². The minimum absolute atomic E-state index is 0.282. The molecule has 0 aliphatic heterocycles. The summed E-state index contributed by atoms with van der Waals surface area (Å²) in [6, 6.07) is 36.0. The van der Waals surface area contributed by atoms with Crippen LogP contribution in [-0.2, 0) is 7.05 Å². The molecular weight excluding hydrogens is 548 g/mol. The first-order valence-electron chi connectivity index (χ1n) is 16.0. The molecule has 0 bridgehead atoms. The van der Waals surface area contributed by atoms with Gasteiger partial charge in [-0.3, -0.25) is 0 Å². The van der Waals surface area contributed by atoms with Crippen LogP contribution in [0.15, 0.2) is 116 Å².